The molecule has 3 aliphatic carbocycles. The first kappa shape index (κ1) is 16.0. The molecule has 1 saturated heterocycles. The third-order valence-corrected chi connectivity index (χ3v) is 6.90. The van der Waals surface area contributed by atoms with Crippen LogP contribution in [0, 0.1) is 11.8 Å². The average molecular weight is 382 g/mol. The number of nitrogens with zero attached hydrogens (tertiary/aromatic N) is 1. The Kier molecular flexibility index (Phi) is 3.16. The molecule has 0 unspecified atom stereocenters. The lowest BCUT2D eigenvalue weighted by Crippen LogP contribution is -2.41. The van der Waals surface area contributed by atoms with Crippen molar-refractivity contribution in [2.75, 3.05) is 4.90 Å². The second kappa shape index (κ2) is 5.52. The minimum Gasteiger partial charge on any atom is -0.778 e. The molecule has 0 saturated carbocycles. The lowest BCUT2D eigenvalue weighted by Gasteiger charge is -2.45. The zero-order valence-corrected chi connectivity index (χ0v) is 15.7. The molecule has 0 spiro atoms. The maximum absolute atomic E-state index is 13.6. The molecule has 1 fully saturated rings. The quantitative estimate of drug-likeness (QED) is 0.472. The Bertz CT molecular complexity index is 1060. The molecule has 2 bridgehead atoms. The van der Waals surface area contributed by atoms with Crippen molar-refractivity contribution in [3.8, 4) is 0 Å². The fourth-order valence-electron chi connectivity index (χ4n) is 5.56. The molecular weight excluding hydrogens is 366 g/mol. The Labute approximate surface area is 168 Å². The van der Waals surface area contributed by atoms with E-state index in [1.54, 1.807) is 12.1 Å². The van der Waals surface area contributed by atoms with Crippen LogP contribution in [0.5, 0.6) is 0 Å². The standard InChI is InChI=1S/C24H17NO2S/c26-23-21-19-13-7-1-2-8-14(13)20(16-10-4-3-9-15(16)19)22(21)24(27)25(23)17-11-5-6-12-18(17)28/h1-12,19-22,28H/p-1/t19?,20?,21-,22+. The van der Waals surface area contributed by atoms with Crippen molar-refractivity contribution in [2.24, 2.45) is 11.8 Å². The summed E-state index contributed by atoms with van der Waals surface area (Å²) in [5.41, 5.74) is 5.27. The van der Waals surface area contributed by atoms with Gasteiger partial charge in [-0.2, -0.15) is 4.90 Å². The number of hydrogen-bond donors (Lipinski definition) is 0. The highest BCUT2D eigenvalue weighted by atomic mass is 32.1. The van der Waals surface area contributed by atoms with Gasteiger partial charge in [-0.15, -0.1) is 0 Å². The van der Waals surface area contributed by atoms with E-state index in [-0.39, 0.29) is 35.5 Å². The van der Waals surface area contributed by atoms with Gasteiger partial charge in [-0.05, 0) is 28.3 Å². The number of carbonyl (C=O) groups excluding carboxylic acids is 2. The van der Waals surface area contributed by atoms with Crippen LogP contribution in [-0.2, 0) is 22.2 Å². The molecule has 136 valence electrons. The largest absolute Gasteiger partial charge is 0.778 e. The molecule has 7 rings (SSSR count). The monoisotopic (exact) mass is 382 g/mol. The van der Waals surface area contributed by atoms with Crippen molar-refractivity contribution >= 4 is 30.1 Å². The lowest BCUT2D eigenvalue weighted by molar-refractivity contribution is -0.122. The smallest absolute Gasteiger partial charge is 0.238 e. The minimum atomic E-state index is -0.364. The van der Waals surface area contributed by atoms with Gasteiger partial charge in [0.25, 0.3) is 0 Å². The van der Waals surface area contributed by atoms with Gasteiger partial charge < -0.3 is 12.6 Å². The maximum atomic E-state index is 13.6. The predicted octanol–water partition coefficient (Wildman–Crippen LogP) is 3.99. The highest BCUT2D eigenvalue weighted by molar-refractivity contribution is 7.59. The van der Waals surface area contributed by atoms with Gasteiger partial charge in [0.05, 0.1) is 11.8 Å². The normalized spacial score (nSPS) is 26.8. The molecule has 1 heterocycles. The van der Waals surface area contributed by atoms with Crippen molar-refractivity contribution < 1.29 is 9.59 Å². The molecule has 0 radical (unpaired) electrons. The first-order valence-corrected chi connectivity index (χ1v) is 9.91. The van der Waals surface area contributed by atoms with Crippen molar-refractivity contribution in [3.63, 3.8) is 0 Å². The summed E-state index contributed by atoms with van der Waals surface area (Å²) in [4.78, 5) is 29.0. The molecule has 3 aromatic rings. The number of anilines is 1. The second-order valence-electron chi connectivity index (χ2n) is 7.74. The Hall–Kier alpha value is -2.98. The average Bonchev–Trinajstić information content (AvgIpc) is 2.99. The molecule has 3 aromatic carbocycles. The first-order chi connectivity index (χ1) is 13.7. The van der Waals surface area contributed by atoms with Crippen LogP contribution < -0.4 is 4.90 Å². The predicted molar refractivity (Wildman–Crippen MR) is 108 cm³/mol. The number of para-hydroxylation sites is 1. The highest BCUT2D eigenvalue weighted by Gasteiger charge is 2.61. The fraction of sp³-hybridized carbons (Fsp3) is 0.167. The molecule has 2 atom stereocenters. The molecule has 4 aliphatic rings. The van der Waals surface area contributed by atoms with Gasteiger partial charge in [0.15, 0.2) is 0 Å². The molecule has 4 heteroatoms. The molecule has 0 aromatic heterocycles. The van der Waals surface area contributed by atoms with Crippen LogP contribution in [-0.4, -0.2) is 11.8 Å². The van der Waals surface area contributed by atoms with E-state index < -0.39 is 0 Å². The minimum absolute atomic E-state index is 0.0823. The molecule has 1 aliphatic heterocycles. The molecule has 28 heavy (non-hydrogen) atoms. The van der Waals surface area contributed by atoms with Gasteiger partial charge in [-0.25, -0.2) is 0 Å². The van der Waals surface area contributed by atoms with Crippen LogP contribution in [0.15, 0.2) is 77.7 Å². The zero-order chi connectivity index (χ0) is 19.0. The van der Waals surface area contributed by atoms with Gasteiger partial charge in [0, 0.05) is 17.5 Å². The van der Waals surface area contributed by atoms with Gasteiger partial charge in [-0.3, -0.25) is 14.5 Å². The van der Waals surface area contributed by atoms with Crippen LogP contribution in [0.1, 0.15) is 34.1 Å². The second-order valence-corrected chi connectivity index (χ2v) is 8.18. The Morgan fingerprint density at radius 1 is 0.607 bits per heavy atom. The van der Waals surface area contributed by atoms with Crippen LogP contribution >= 0.6 is 0 Å². The SMILES string of the molecule is O=C1[C@@H]2C3c4ccccc4C(c4ccccc43)[C@@H]2C(=O)N1c1ccccc1[S-]. The number of imide groups is 1. The Balaban J connectivity index is 1.59. The summed E-state index contributed by atoms with van der Waals surface area (Å²) in [6, 6.07) is 23.7. The van der Waals surface area contributed by atoms with Gasteiger partial charge in [0.1, 0.15) is 0 Å². The molecular formula is C24H16NO2S-. The maximum Gasteiger partial charge on any atom is 0.238 e. The van der Waals surface area contributed by atoms with Crippen LogP contribution in [0.2, 0.25) is 0 Å². The van der Waals surface area contributed by atoms with Gasteiger partial charge in [0.2, 0.25) is 11.8 Å². The summed E-state index contributed by atoms with van der Waals surface area (Å²) in [5, 5.41) is 0. The summed E-state index contributed by atoms with van der Waals surface area (Å²) in [7, 11) is 0. The molecule has 2 amide bonds. The third-order valence-electron chi connectivity index (χ3n) is 6.55. The van der Waals surface area contributed by atoms with Gasteiger partial charge >= 0.3 is 0 Å². The number of rotatable bonds is 1. The Morgan fingerprint density at radius 2 is 1.00 bits per heavy atom. The van der Waals surface area contributed by atoms with E-state index in [1.165, 1.54) is 27.2 Å². The number of amides is 2. The lowest BCUT2D eigenvalue weighted by atomic mass is 9.55. The van der Waals surface area contributed by atoms with E-state index in [2.05, 4.69) is 24.3 Å². The number of carbonyl (C=O) groups is 2. The topological polar surface area (TPSA) is 37.4 Å². The van der Waals surface area contributed by atoms with Crippen LogP contribution in [0.25, 0.3) is 0 Å². The van der Waals surface area contributed by atoms with E-state index in [1.807, 2.05) is 36.4 Å². The van der Waals surface area contributed by atoms with E-state index in [9.17, 15) is 9.59 Å². The van der Waals surface area contributed by atoms with E-state index in [0.717, 1.165) is 0 Å². The summed E-state index contributed by atoms with van der Waals surface area (Å²) >= 11 is 5.43. The zero-order valence-electron chi connectivity index (χ0n) is 14.9. The van der Waals surface area contributed by atoms with Crippen molar-refractivity contribution in [2.45, 2.75) is 16.7 Å². The number of hydrogen-bond acceptors (Lipinski definition) is 3. The van der Waals surface area contributed by atoms with E-state index in [4.69, 9.17) is 12.6 Å². The van der Waals surface area contributed by atoms with Crippen molar-refractivity contribution in [3.05, 3.63) is 95.1 Å². The first-order valence-electron chi connectivity index (χ1n) is 9.50. The summed E-state index contributed by atoms with van der Waals surface area (Å²) in [5.74, 6) is -1.13. The van der Waals surface area contributed by atoms with Crippen molar-refractivity contribution in [1.82, 2.24) is 0 Å². The Morgan fingerprint density at radius 3 is 1.43 bits per heavy atom. The molecule has 0 N–H and O–H groups in total. The highest BCUT2D eigenvalue weighted by Crippen LogP contribution is 2.61. The van der Waals surface area contributed by atoms with E-state index >= 15 is 0 Å². The van der Waals surface area contributed by atoms with Crippen LogP contribution in [0.3, 0.4) is 0 Å². The third kappa shape index (κ3) is 1.83. The van der Waals surface area contributed by atoms with Crippen molar-refractivity contribution in [1.29, 1.82) is 0 Å². The van der Waals surface area contributed by atoms with Gasteiger partial charge in [-0.1, -0.05) is 66.7 Å². The fourth-order valence-corrected chi connectivity index (χ4v) is 5.79. The molecule has 3 nitrogen and oxygen atoms in total. The summed E-state index contributed by atoms with van der Waals surface area (Å²) in [6.45, 7) is 0. The summed E-state index contributed by atoms with van der Waals surface area (Å²) in [6.07, 6.45) is 0. The summed E-state index contributed by atoms with van der Waals surface area (Å²) < 4.78 is 0. The number of benzene rings is 3. The van der Waals surface area contributed by atoms with Crippen LogP contribution in [0.4, 0.5) is 5.69 Å². The van der Waals surface area contributed by atoms with E-state index in [0.29, 0.717) is 10.6 Å².